The van der Waals surface area contributed by atoms with Gasteiger partial charge in [0.2, 0.25) is 0 Å². The molecule has 0 saturated heterocycles. The van der Waals surface area contributed by atoms with E-state index in [4.69, 9.17) is 11.6 Å². The lowest BCUT2D eigenvalue weighted by Gasteiger charge is -2.20. The van der Waals surface area contributed by atoms with Crippen molar-refractivity contribution in [3.63, 3.8) is 0 Å². The number of hydrogen-bond donors (Lipinski definition) is 1. The summed E-state index contributed by atoms with van der Waals surface area (Å²) in [7, 11) is 0. The van der Waals surface area contributed by atoms with Crippen LogP contribution in [-0.4, -0.2) is 0 Å². The van der Waals surface area contributed by atoms with Gasteiger partial charge in [-0.25, -0.2) is 0 Å². The van der Waals surface area contributed by atoms with Crippen molar-refractivity contribution in [2.75, 3.05) is 5.32 Å². The van der Waals surface area contributed by atoms with Gasteiger partial charge < -0.3 is 5.32 Å². The molecule has 1 N–H and O–H groups in total. The van der Waals surface area contributed by atoms with Crippen LogP contribution in [0.15, 0.2) is 30.3 Å². The Hall–Kier alpha value is -0.990. The van der Waals surface area contributed by atoms with Crippen molar-refractivity contribution in [1.82, 2.24) is 0 Å². The fourth-order valence-corrected chi connectivity index (χ4v) is 4.10. The Balaban J connectivity index is 1.76. The number of halogens is 1. The van der Waals surface area contributed by atoms with Gasteiger partial charge in [-0.05, 0) is 47.6 Å². The molecule has 0 fully saturated rings. The number of rotatable bonds is 2. The van der Waals surface area contributed by atoms with E-state index in [1.165, 1.54) is 28.1 Å². The summed E-state index contributed by atoms with van der Waals surface area (Å²) in [4.78, 5) is 1.44. The Bertz CT molecular complexity index is 607. The van der Waals surface area contributed by atoms with Gasteiger partial charge in [0.25, 0.3) is 0 Å². The first-order valence-electron chi connectivity index (χ1n) is 7.09. The molecule has 0 aliphatic heterocycles. The number of thiophene rings is 1. The predicted octanol–water partition coefficient (Wildman–Crippen LogP) is 5.80. The van der Waals surface area contributed by atoms with Crippen LogP contribution >= 0.6 is 22.9 Å². The Morgan fingerprint density at radius 2 is 1.90 bits per heavy atom. The van der Waals surface area contributed by atoms with Crippen molar-refractivity contribution in [1.29, 1.82) is 0 Å². The van der Waals surface area contributed by atoms with Crippen LogP contribution in [0.3, 0.4) is 0 Å². The molecule has 3 heteroatoms. The second-order valence-electron chi connectivity index (χ2n) is 6.49. The normalized spacial score (nSPS) is 18.1. The van der Waals surface area contributed by atoms with E-state index in [9.17, 15) is 0 Å². The van der Waals surface area contributed by atoms with Crippen molar-refractivity contribution in [3.8, 4) is 0 Å². The smallest absolute Gasteiger partial charge is 0.0934 e. The average Bonchev–Trinajstić information content (AvgIpc) is 2.90. The van der Waals surface area contributed by atoms with Gasteiger partial charge >= 0.3 is 0 Å². The number of nitrogens with one attached hydrogen (secondary N) is 1. The maximum Gasteiger partial charge on any atom is 0.0934 e. The Morgan fingerprint density at radius 1 is 1.20 bits per heavy atom. The summed E-state index contributed by atoms with van der Waals surface area (Å²) in [6.07, 6.45) is 2.31. The van der Waals surface area contributed by atoms with Crippen LogP contribution in [-0.2, 0) is 11.8 Å². The van der Waals surface area contributed by atoms with E-state index in [2.05, 4.69) is 56.4 Å². The summed E-state index contributed by atoms with van der Waals surface area (Å²) in [5.74, 6) is 0. The van der Waals surface area contributed by atoms with Gasteiger partial charge in [-0.15, -0.1) is 11.3 Å². The fourth-order valence-electron chi connectivity index (χ4n) is 2.75. The van der Waals surface area contributed by atoms with E-state index in [0.29, 0.717) is 6.04 Å². The highest BCUT2D eigenvalue weighted by Crippen LogP contribution is 2.41. The molecule has 1 nitrogen and oxygen atoms in total. The predicted molar refractivity (Wildman–Crippen MR) is 89.2 cm³/mol. The molecule has 1 aromatic carbocycles. The molecule has 1 atom stereocenters. The summed E-state index contributed by atoms with van der Waals surface area (Å²) in [5, 5.41) is 3.64. The Morgan fingerprint density at radius 3 is 2.55 bits per heavy atom. The van der Waals surface area contributed by atoms with Crippen LogP contribution in [0.2, 0.25) is 4.34 Å². The van der Waals surface area contributed by atoms with Gasteiger partial charge in [0.05, 0.1) is 10.4 Å². The molecule has 20 heavy (non-hydrogen) atoms. The quantitative estimate of drug-likeness (QED) is 0.739. The van der Waals surface area contributed by atoms with E-state index in [-0.39, 0.29) is 5.41 Å². The third-order valence-corrected chi connectivity index (χ3v) is 5.28. The molecule has 0 bridgehead atoms. The van der Waals surface area contributed by atoms with E-state index in [1.807, 2.05) is 0 Å². The first-order chi connectivity index (χ1) is 9.43. The molecule has 2 aromatic rings. The highest BCUT2D eigenvalue weighted by Gasteiger charge is 2.25. The van der Waals surface area contributed by atoms with Crippen molar-refractivity contribution >= 4 is 28.6 Å². The summed E-state index contributed by atoms with van der Waals surface area (Å²) in [6.45, 7) is 6.73. The summed E-state index contributed by atoms with van der Waals surface area (Å²) in [6, 6.07) is 11.3. The lowest BCUT2D eigenvalue weighted by atomic mass is 9.87. The minimum absolute atomic E-state index is 0.208. The molecule has 106 valence electrons. The molecule has 0 saturated carbocycles. The fraction of sp³-hybridized carbons (Fsp3) is 0.412. The molecular formula is C17H20ClNS. The Labute approximate surface area is 130 Å². The molecule has 3 rings (SSSR count). The Kier molecular flexibility index (Phi) is 3.55. The second kappa shape index (κ2) is 5.09. The zero-order valence-electron chi connectivity index (χ0n) is 12.2. The van der Waals surface area contributed by atoms with Crippen LogP contribution < -0.4 is 5.32 Å². The van der Waals surface area contributed by atoms with Crippen LogP contribution in [0.5, 0.6) is 0 Å². The van der Waals surface area contributed by atoms with Crippen molar-refractivity contribution < 1.29 is 0 Å². The third kappa shape index (κ3) is 2.72. The average molecular weight is 306 g/mol. The van der Waals surface area contributed by atoms with E-state index in [0.717, 1.165) is 10.8 Å². The van der Waals surface area contributed by atoms with Crippen molar-refractivity contribution in [2.24, 2.45) is 0 Å². The van der Waals surface area contributed by atoms with Crippen molar-refractivity contribution in [3.05, 3.63) is 50.7 Å². The SMILES string of the molecule is CC(C)(C)c1ccc(NC2CCc3sc(Cl)cc32)cc1. The molecule has 0 radical (unpaired) electrons. The van der Waals surface area contributed by atoms with Crippen LogP contribution in [0.25, 0.3) is 0 Å². The molecule has 0 spiro atoms. The molecule has 1 aliphatic rings. The van der Waals surface area contributed by atoms with Gasteiger partial charge in [0.1, 0.15) is 0 Å². The number of benzene rings is 1. The maximum atomic E-state index is 6.11. The monoisotopic (exact) mass is 305 g/mol. The van der Waals surface area contributed by atoms with Crippen LogP contribution in [0.4, 0.5) is 5.69 Å². The molecule has 0 amide bonds. The van der Waals surface area contributed by atoms with Crippen LogP contribution in [0.1, 0.15) is 49.2 Å². The first kappa shape index (κ1) is 14.0. The van der Waals surface area contributed by atoms with Gasteiger partial charge in [-0.3, -0.25) is 0 Å². The molecule has 1 heterocycles. The topological polar surface area (TPSA) is 12.0 Å². The summed E-state index contributed by atoms with van der Waals surface area (Å²) >= 11 is 7.83. The molecule has 1 aromatic heterocycles. The highest BCUT2D eigenvalue weighted by atomic mass is 35.5. The van der Waals surface area contributed by atoms with Gasteiger partial charge in [-0.2, -0.15) is 0 Å². The van der Waals surface area contributed by atoms with E-state index in [1.54, 1.807) is 11.3 Å². The first-order valence-corrected chi connectivity index (χ1v) is 8.28. The zero-order valence-corrected chi connectivity index (χ0v) is 13.7. The maximum absolute atomic E-state index is 6.11. The summed E-state index contributed by atoms with van der Waals surface area (Å²) < 4.78 is 0.907. The van der Waals surface area contributed by atoms with E-state index >= 15 is 0 Å². The minimum atomic E-state index is 0.208. The lowest BCUT2D eigenvalue weighted by molar-refractivity contribution is 0.590. The van der Waals surface area contributed by atoms with Crippen LogP contribution in [0, 0.1) is 0 Å². The second-order valence-corrected chi connectivity index (χ2v) is 8.26. The molecule has 1 aliphatic carbocycles. The third-order valence-electron chi connectivity index (χ3n) is 3.94. The number of aryl methyl sites for hydroxylation is 1. The largest absolute Gasteiger partial charge is 0.378 e. The number of fused-ring (bicyclic) bond motifs is 1. The summed E-state index contributed by atoms with van der Waals surface area (Å²) in [5.41, 5.74) is 4.16. The van der Waals surface area contributed by atoms with Gasteiger partial charge in [-0.1, -0.05) is 44.5 Å². The standard InChI is InChI=1S/C17H20ClNS/c1-17(2,3)11-4-6-12(7-5-11)19-14-8-9-15-13(14)10-16(18)20-15/h4-7,10,14,19H,8-9H2,1-3H3. The minimum Gasteiger partial charge on any atom is -0.378 e. The molecule has 1 unspecified atom stereocenters. The van der Waals surface area contributed by atoms with Gasteiger partial charge in [0.15, 0.2) is 0 Å². The lowest BCUT2D eigenvalue weighted by Crippen LogP contribution is -2.11. The molecular weight excluding hydrogens is 286 g/mol. The van der Waals surface area contributed by atoms with Gasteiger partial charge in [0, 0.05) is 10.6 Å². The number of anilines is 1. The highest BCUT2D eigenvalue weighted by molar-refractivity contribution is 7.16. The van der Waals surface area contributed by atoms with Crippen molar-refractivity contribution in [2.45, 2.75) is 45.1 Å². The van der Waals surface area contributed by atoms with E-state index < -0.39 is 0 Å². The number of hydrogen-bond acceptors (Lipinski definition) is 2. The zero-order chi connectivity index (χ0) is 14.3.